The van der Waals surface area contributed by atoms with E-state index in [4.69, 9.17) is 5.73 Å². The smallest absolute Gasteiger partial charge is 0.244 e. The van der Waals surface area contributed by atoms with Gasteiger partial charge in [-0.3, -0.25) is 9.69 Å². The Balaban J connectivity index is 1.84. The summed E-state index contributed by atoms with van der Waals surface area (Å²) in [6.45, 7) is 7.99. The highest BCUT2D eigenvalue weighted by molar-refractivity contribution is 5.76. The van der Waals surface area contributed by atoms with E-state index >= 15 is 0 Å². The van der Waals surface area contributed by atoms with E-state index in [1.54, 1.807) is 0 Å². The quantitative estimate of drug-likeness (QED) is 0.778. The zero-order chi connectivity index (χ0) is 13.1. The first-order valence-electron chi connectivity index (χ1n) is 6.23. The summed E-state index contributed by atoms with van der Waals surface area (Å²) >= 11 is 0. The van der Waals surface area contributed by atoms with Gasteiger partial charge in [-0.05, 0) is 13.8 Å². The number of carbonyl (C=O) groups excluding carboxylic acids is 1. The molecule has 0 atom stereocenters. The van der Waals surface area contributed by atoms with Crippen molar-refractivity contribution in [3.8, 4) is 0 Å². The van der Waals surface area contributed by atoms with Gasteiger partial charge in [-0.25, -0.2) is 9.67 Å². The monoisotopic (exact) mass is 252 g/mol. The molecule has 0 radical (unpaired) electrons. The van der Waals surface area contributed by atoms with E-state index in [9.17, 15) is 4.79 Å². The van der Waals surface area contributed by atoms with Crippen molar-refractivity contribution in [2.45, 2.75) is 26.4 Å². The fourth-order valence-corrected chi connectivity index (χ4v) is 2.11. The van der Waals surface area contributed by atoms with Gasteiger partial charge in [0.2, 0.25) is 11.9 Å². The summed E-state index contributed by atoms with van der Waals surface area (Å²) in [6.07, 6.45) is 1.48. The lowest BCUT2D eigenvalue weighted by atomic mass is 10.2. The maximum Gasteiger partial charge on any atom is 0.244 e. The second kappa shape index (κ2) is 5.34. The van der Waals surface area contributed by atoms with Crippen molar-refractivity contribution in [2.75, 3.05) is 31.9 Å². The Hall–Kier alpha value is -1.63. The fraction of sp³-hybridized carbons (Fsp3) is 0.727. The molecule has 1 fully saturated rings. The van der Waals surface area contributed by atoms with E-state index in [2.05, 4.69) is 28.8 Å². The number of nitrogens with zero attached hydrogens (tertiary/aromatic N) is 5. The van der Waals surface area contributed by atoms with Gasteiger partial charge >= 0.3 is 0 Å². The summed E-state index contributed by atoms with van der Waals surface area (Å²) in [5.41, 5.74) is 5.41. The number of amides is 1. The van der Waals surface area contributed by atoms with Crippen LogP contribution < -0.4 is 5.73 Å². The van der Waals surface area contributed by atoms with E-state index in [0.717, 1.165) is 26.2 Å². The van der Waals surface area contributed by atoms with Crippen LogP contribution in [0.5, 0.6) is 0 Å². The number of hydrogen-bond donors (Lipinski definition) is 1. The van der Waals surface area contributed by atoms with Crippen molar-refractivity contribution in [3.63, 3.8) is 0 Å². The van der Waals surface area contributed by atoms with Gasteiger partial charge in [0, 0.05) is 32.2 Å². The summed E-state index contributed by atoms with van der Waals surface area (Å²) in [5.74, 6) is 0.274. The van der Waals surface area contributed by atoms with Gasteiger partial charge in [-0.15, -0.1) is 5.10 Å². The highest BCUT2D eigenvalue weighted by atomic mass is 16.2. The summed E-state index contributed by atoms with van der Waals surface area (Å²) in [5, 5.41) is 3.91. The van der Waals surface area contributed by atoms with Crippen LogP contribution in [-0.2, 0) is 11.3 Å². The molecule has 0 unspecified atom stereocenters. The van der Waals surface area contributed by atoms with Crippen LogP contribution in [0.2, 0.25) is 0 Å². The number of rotatable bonds is 3. The minimum atomic E-state index is 0.0725. The highest BCUT2D eigenvalue weighted by Crippen LogP contribution is 2.06. The van der Waals surface area contributed by atoms with Crippen LogP contribution in [0, 0.1) is 0 Å². The minimum absolute atomic E-state index is 0.0725. The van der Waals surface area contributed by atoms with Crippen molar-refractivity contribution in [1.82, 2.24) is 24.6 Å². The first kappa shape index (κ1) is 12.8. The Morgan fingerprint density at radius 3 is 2.56 bits per heavy atom. The average molecular weight is 252 g/mol. The maximum atomic E-state index is 12.0. The number of hydrogen-bond acceptors (Lipinski definition) is 5. The number of carbonyl (C=O) groups is 1. The van der Waals surface area contributed by atoms with Gasteiger partial charge in [0.15, 0.2) is 0 Å². The molecule has 0 saturated carbocycles. The molecular formula is C11H20N6O. The number of piperazine rings is 1. The molecule has 1 aromatic rings. The van der Waals surface area contributed by atoms with E-state index in [1.807, 2.05) is 4.90 Å². The van der Waals surface area contributed by atoms with Crippen molar-refractivity contribution in [2.24, 2.45) is 0 Å². The Morgan fingerprint density at radius 1 is 1.39 bits per heavy atom. The molecule has 2 N–H and O–H groups in total. The lowest BCUT2D eigenvalue weighted by molar-refractivity contribution is -0.134. The van der Waals surface area contributed by atoms with Gasteiger partial charge < -0.3 is 10.6 Å². The summed E-state index contributed by atoms with van der Waals surface area (Å²) in [7, 11) is 0. The molecule has 100 valence electrons. The summed E-state index contributed by atoms with van der Waals surface area (Å²) in [4.78, 5) is 20.1. The number of nitrogen functional groups attached to an aromatic ring is 1. The Morgan fingerprint density at radius 2 is 2.06 bits per heavy atom. The first-order chi connectivity index (χ1) is 8.56. The molecule has 0 aromatic carbocycles. The standard InChI is InChI=1S/C11H20N6O/c1-9(2)15-3-5-16(6-4-15)10(18)7-17-8-13-11(12)14-17/h8-9H,3-7H2,1-2H3,(H2,12,14). The maximum absolute atomic E-state index is 12.0. The Labute approximate surface area is 107 Å². The Bertz CT molecular complexity index is 407. The van der Waals surface area contributed by atoms with Crippen molar-refractivity contribution in [1.29, 1.82) is 0 Å². The van der Waals surface area contributed by atoms with Crippen LogP contribution in [-0.4, -0.2) is 62.7 Å². The molecule has 1 saturated heterocycles. The first-order valence-corrected chi connectivity index (χ1v) is 6.23. The average Bonchev–Trinajstić information content (AvgIpc) is 2.75. The van der Waals surface area contributed by atoms with Gasteiger partial charge in [-0.1, -0.05) is 0 Å². The second-order valence-electron chi connectivity index (χ2n) is 4.81. The number of anilines is 1. The molecular weight excluding hydrogens is 232 g/mol. The third-order valence-corrected chi connectivity index (χ3v) is 3.25. The SMILES string of the molecule is CC(C)N1CCN(C(=O)Cn2cnc(N)n2)CC1. The minimum Gasteiger partial charge on any atom is -0.367 e. The Kier molecular flexibility index (Phi) is 3.81. The molecule has 1 aromatic heterocycles. The van der Waals surface area contributed by atoms with E-state index in [0.29, 0.717) is 6.04 Å². The van der Waals surface area contributed by atoms with E-state index in [1.165, 1.54) is 11.0 Å². The molecule has 2 heterocycles. The van der Waals surface area contributed by atoms with Crippen LogP contribution in [0.3, 0.4) is 0 Å². The van der Waals surface area contributed by atoms with Gasteiger partial charge in [0.05, 0.1) is 0 Å². The van der Waals surface area contributed by atoms with Crippen molar-refractivity contribution in [3.05, 3.63) is 6.33 Å². The fourth-order valence-electron chi connectivity index (χ4n) is 2.11. The molecule has 2 rings (SSSR count). The van der Waals surface area contributed by atoms with Crippen LogP contribution in [0.15, 0.2) is 6.33 Å². The predicted octanol–water partition coefficient (Wildman–Crippen LogP) is -0.587. The molecule has 0 aliphatic carbocycles. The zero-order valence-electron chi connectivity index (χ0n) is 10.9. The van der Waals surface area contributed by atoms with Crippen LogP contribution in [0.1, 0.15) is 13.8 Å². The third-order valence-electron chi connectivity index (χ3n) is 3.25. The number of aromatic nitrogens is 3. The molecule has 0 bridgehead atoms. The lowest BCUT2D eigenvalue weighted by Gasteiger charge is -2.36. The molecule has 0 spiro atoms. The molecule has 18 heavy (non-hydrogen) atoms. The number of nitrogens with two attached hydrogens (primary N) is 1. The lowest BCUT2D eigenvalue weighted by Crippen LogP contribution is -2.51. The van der Waals surface area contributed by atoms with E-state index in [-0.39, 0.29) is 18.4 Å². The molecule has 7 nitrogen and oxygen atoms in total. The highest BCUT2D eigenvalue weighted by Gasteiger charge is 2.22. The molecule has 7 heteroatoms. The third kappa shape index (κ3) is 2.98. The van der Waals surface area contributed by atoms with E-state index < -0.39 is 0 Å². The van der Waals surface area contributed by atoms with Crippen molar-refractivity contribution < 1.29 is 4.79 Å². The normalized spacial score (nSPS) is 17.4. The second-order valence-corrected chi connectivity index (χ2v) is 4.81. The molecule has 1 aliphatic heterocycles. The van der Waals surface area contributed by atoms with Crippen molar-refractivity contribution >= 4 is 11.9 Å². The van der Waals surface area contributed by atoms with Gasteiger partial charge in [-0.2, -0.15) is 0 Å². The van der Waals surface area contributed by atoms with Crippen LogP contribution in [0.4, 0.5) is 5.95 Å². The van der Waals surface area contributed by atoms with Crippen LogP contribution in [0.25, 0.3) is 0 Å². The molecule has 1 amide bonds. The zero-order valence-corrected chi connectivity index (χ0v) is 10.9. The largest absolute Gasteiger partial charge is 0.367 e. The summed E-state index contributed by atoms with van der Waals surface area (Å²) in [6, 6.07) is 0.539. The predicted molar refractivity (Wildman–Crippen MR) is 67.7 cm³/mol. The van der Waals surface area contributed by atoms with Gasteiger partial charge in [0.25, 0.3) is 0 Å². The van der Waals surface area contributed by atoms with Crippen LogP contribution >= 0.6 is 0 Å². The topological polar surface area (TPSA) is 80.3 Å². The molecule has 1 aliphatic rings. The summed E-state index contributed by atoms with van der Waals surface area (Å²) < 4.78 is 1.48. The van der Waals surface area contributed by atoms with Gasteiger partial charge in [0.1, 0.15) is 12.9 Å².